The molecule has 0 amide bonds. The highest BCUT2D eigenvalue weighted by Gasteiger charge is 2.03. The van der Waals surface area contributed by atoms with Gasteiger partial charge in [0.2, 0.25) is 0 Å². The Hall–Kier alpha value is -0.670. The molecular weight excluding hydrogens is 268 g/mol. The molecule has 0 aliphatic heterocycles. The Kier molecular flexibility index (Phi) is 9.60. The predicted octanol–water partition coefficient (Wildman–Crippen LogP) is 5.17. The van der Waals surface area contributed by atoms with Gasteiger partial charge in [-0.2, -0.15) is 0 Å². The van der Waals surface area contributed by atoms with Crippen LogP contribution in [0.1, 0.15) is 63.9 Å². The topological polar surface area (TPSA) is 26.3 Å². The van der Waals surface area contributed by atoms with E-state index in [1.165, 1.54) is 50.5 Å². The highest BCUT2D eigenvalue weighted by atomic mass is 32.2. The minimum absolute atomic E-state index is 0.593. The normalized spacial score (nSPS) is 12.5. The smallest absolute Gasteiger partial charge is 0.189 e. The molecule has 1 unspecified atom stereocenters. The summed E-state index contributed by atoms with van der Waals surface area (Å²) in [5.74, 6) is 0. The Morgan fingerprint density at radius 2 is 1.45 bits per heavy atom. The first-order valence-corrected chi connectivity index (χ1v) is 8.93. The largest absolute Gasteiger partial charge is 0.287 e. The number of unbranched alkanes of at least 4 members (excludes halogenated alkanes) is 7. The zero-order valence-electron chi connectivity index (χ0n) is 12.9. The Balaban J connectivity index is 2.01. The van der Waals surface area contributed by atoms with Crippen LogP contribution in [0, 0.1) is 6.92 Å². The maximum atomic E-state index is 11.9. The average Bonchev–Trinajstić information content (AvgIpc) is 2.46. The van der Waals surface area contributed by atoms with Gasteiger partial charge in [0.25, 0.3) is 0 Å². The van der Waals surface area contributed by atoms with Crippen molar-refractivity contribution in [3.05, 3.63) is 29.8 Å². The third-order valence-electron chi connectivity index (χ3n) is 3.40. The number of rotatable bonds is 11. The summed E-state index contributed by atoms with van der Waals surface area (Å²) in [7, 11) is 0. The fourth-order valence-corrected chi connectivity index (χ4v) is 2.85. The lowest BCUT2D eigenvalue weighted by Crippen LogP contribution is -2.00. The molecule has 0 heterocycles. The highest BCUT2D eigenvalue weighted by Crippen LogP contribution is 2.11. The van der Waals surface area contributed by atoms with Gasteiger partial charge in [0.15, 0.2) is 11.1 Å². The van der Waals surface area contributed by atoms with Crippen LogP contribution in [0.25, 0.3) is 0 Å². The molecule has 0 aromatic heterocycles. The molecule has 1 rings (SSSR count). The molecule has 0 aliphatic carbocycles. The summed E-state index contributed by atoms with van der Waals surface area (Å²) in [5.41, 5.74) is 1.17. The van der Waals surface area contributed by atoms with Gasteiger partial charge >= 0.3 is 0 Å². The SMILES string of the molecule is CCCCCCCCCCOS(=O)c1ccc(C)cc1. The molecule has 0 aliphatic rings. The second kappa shape index (κ2) is 11.0. The van der Waals surface area contributed by atoms with E-state index in [4.69, 9.17) is 4.18 Å². The van der Waals surface area contributed by atoms with Crippen molar-refractivity contribution in [1.82, 2.24) is 0 Å². The molecule has 3 heteroatoms. The van der Waals surface area contributed by atoms with Crippen LogP contribution in [0.2, 0.25) is 0 Å². The van der Waals surface area contributed by atoms with E-state index >= 15 is 0 Å². The quantitative estimate of drug-likeness (QED) is 0.526. The van der Waals surface area contributed by atoms with Crippen LogP contribution in [-0.4, -0.2) is 10.8 Å². The number of aryl methyl sites for hydroxylation is 1. The Morgan fingerprint density at radius 1 is 0.900 bits per heavy atom. The first-order valence-electron chi connectivity index (χ1n) is 7.85. The van der Waals surface area contributed by atoms with Crippen molar-refractivity contribution >= 4 is 11.1 Å². The molecule has 20 heavy (non-hydrogen) atoms. The molecule has 1 aromatic rings. The Bertz CT molecular complexity index is 373. The van der Waals surface area contributed by atoms with E-state index in [2.05, 4.69) is 6.92 Å². The lowest BCUT2D eigenvalue weighted by Gasteiger charge is -2.04. The molecule has 0 saturated carbocycles. The lowest BCUT2D eigenvalue weighted by molar-refractivity contribution is 0.332. The van der Waals surface area contributed by atoms with Gasteiger partial charge in [0, 0.05) is 0 Å². The molecule has 0 spiro atoms. The Labute approximate surface area is 126 Å². The van der Waals surface area contributed by atoms with Crippen LogP contribution < -0.4 is 0 Å². The van der Waals surface area contributed by atoms with E-state index in [9.17, 15) is 4.21 Å². The van der Waals surface area contributed by atoms with E-state index < -0.39 is 11.1 Å². The van der Waals surface area contributed by atoms with Crippen LogP contribution >= 0.6 is 0 Å². The van der Waals surface area contributed by atoms with E-state index in [0.29, 0.717) is 6.61 Å². The van der Waals surface area contributed by atoms with Gasteiger partial charge in [-0.3, -0.25) is 4.18 Å². The van der Waals surface area contributed by atoms with E-state index in [0.717, 1.165) is 11.3 Å². The van der Waals surface area contributed by atoms with E-state index in [1.54, 1.807) is 0 Å². The summed E-state index contributed by atoms with van der Waals surface area (Å²) in [4.78, 5) is 0.759. The van der Waals surface area contributed by atoms with Crippen molar-refractivity contribution in [2.75, 3.05) is 6.61 Å². The van der Waals surface area contributed by atoms with Crippen molar-refractivity contribution in [1.29, 1.82) is 0 Å². The third-order valence-corrected chi connectivity index (χ3v) is 4.44. The average molecular weight is 296 g/mol. The summed E-state index contributed by atoms with van der Waals surface area (Å²) < 4.78 is 17.2. The van der Waals surface area contributed by atoms with E-state index in [-0.39, 0.29) is 0 Å². The van der Waals surface area contributed by atoms with Gasteiger partial charge in [-0.05, 0) is 25.5 Å². The van der Waals surface area contributed by atoms with Gasteiger partial charge in [-0.15, -0.1) is 0 Å². The van der Waals surface area contributed by atoms with Gasteiger partial charge in [0.1, 0.15) is 0 Å². The van der Waals surface area contributed by atoms with Gasteiger partial charge in [0.05, 0.1) is 11.5 Å². The summed E-state index contributed by atoms with van der Waals surface area (Å²) in [6.45, 7) is 4.86. The molecule has 114 valence electrons. The first kappa shape index (κ1) is 17.4. The Morgan fingerprint density at radius 3 is 2.05 bits per heavy atom. The minimum Gasteiger partial charge on any atom is -0.287 e. The minimum atomic E-state index is -1.30. The second-order valence-electron chi connectivity index (χ2n) is 5.34. The molecule has 1 atom stereocenters. The van der Waals surface area contributed by atoms with Gasteiger partial charge in [-0.25, -0.2) is 4.21 Å². The summed E-state index contributed by atoms with van der Waals surface area (Å²) in [6.07, 6.45) is 10.2. The third kappa shape index (κ3) is 7.81. The first-order chi connectivity index (χ1) is 9.74. The van der Waals surface area contributed by atoms with Crippen LogP contribution in [0.5, 0.6) is 0 Å². The number of benzene rings is 1. The maximum absolute atomic E-state index is 11.9. The van der Waals surface area contributed by atoms with Crippen molar-refractivity contribution in [2.45, 2.75) is 70.1 Å². The van der Waals surface area contributed by atoms with Crippen molar-refractivity contribution in [3.8, 4) is 0 Å². The highest BCUT2D eigenvalue weighted by molar-refractivity contribution is 7.80. The standard InChI is InChI=1S/C17H28O2S/c1-3-4-5-6-7-8-9-10-15-19-20(18)17-13-11-16(2)12-14-17/h11-14H,3-10,15H2,1-2H3. The van der Waals surface area contributed by atoms with Crippen molar-refractivity contribution in [3.63, 3.8) is 0 Å². The fourth-order valence-electron chi connectivity index (χ4n) is 2.09. The second-order valence-corrected chi connectivity index (χ2v) is 6.52. The molecular formula is C17H28O2S. The van der Waals surface area contributed by atoms with Crippen LogP contribution in [0.3, 0.4) is 0 Å². The molecule has 0 saturated heterocycles. The maximum Gasteiger partial charge on any atom is 0.189 e. The zero-order chi connectivity index (χ0) is 14.6. The number of hydrogen-bond acceptors (Lipinski definition) is 2. The summed E-state index contributed by atoms with van der Waals surface area (Å²) >= 11 is -1.30. The molecule has 0 radical (unpaired) electrons. The zero-order valence-corrected chi connectivity index (χ0v) is 13.7. The molecule has 0 fully saturated rings. The van der Waals surface area contributed by atoms with Crippen molar-refractivity contribution < 1.29 is 8.39 Å². The van der Waals surface area contributed by atoms with E-state index in [1.807, 2.05) is 31.2 Å². The predicted molar refractivity (Wildman–Crippen MR) is 86.1 cm³/mol. The number of hydrogen-bond donors (Lipinski definition) is 0. The van der Waals surface area contributed by atoms with Crippen LogP contribution in [0.4, 0.5) is 0 Å². The van der Waals surface area contributed by atoms with Gasteiger partial charge < -0.3 is 0 Å². The van der Waals surface area contributed by atoms with Gasteiger partial charge in [-0.1, -0.05) is 69.6 Å². The molecule has 1 aromatic carbocycles. The molecule has 0 N–H and O–H groups in total. The summed E-state index contributed by atoms with van der Waals surface area (Å²) in [6, 6.07) is 7.68. The lowest BCUT2D eigenvalue weighted by atomic mass is 10.1. The fraction of sp³-hybridized carbons (Fsp3) is 0.647. The molecule has 0 bridgehead atoms. The van der Waals surface area contributed by atoms with Crippen LogP contribution in [-0.2, 0) is 15.3 Å². The van der Waals surface area contributed by atoms with Crippen molar-refractivity contribution in [2.24, 2.45) is 0 Å². The van der Waals surface area contributed by atoms with Crippen LogP contribution in [0.15, 0.2) is 29.2 Å². The molecule has 2 nitrogen and oxygen atoms in total. The summed E-state index contributed by atoms with van der Waals surface area (Å²) in [5, 5.41) is 0. The monoisotopic (exact) mass is 296 g/mol.